The largest absolute Gasteiger partial charge is 0.467 e. The van der Waals surface area contributed by atoms with Crippen molar-refractivity contribution in [2.24, 2.45) is 0 Å². The maximum absolute atomic E-state index is 13.5. The first-order valence-electron chi connectivity index (χ1n) is 14.1. The van der Waals surface area contributed by atoms with Crippen molar-refractivity contribution in [3.63, 3.8) is 0 Å². The van der Waals surface area contributed by atoms with Crippen LogP contribution in [0, 0.1) is 0 Å². The highest BCUT2D eigenvalue weighted by molar-refractivity contribution is 7.55. The molecule has 0 saturated carbocycles. The third kappa shape index (κ3) is 10.2. The van der Waals surface area contributed by atoms with E-state index in [4.69, 9.17) is 18.5 Å². The predicted molar refractivity (Wildman–Crippen MR) is 164 cm³/mol. The minimum Gasteiger partial charge on any atom is -0.467 e. The molecule has 0 aliphatic heterocycles. The Morgan fingerprint density at radius 2 is 1.50 bits per heavy atom. The summed E-state index contributed by atoms with van der Waals surface area (Å²) >= 11 is 0. The van der Waals surface area contributed by atoms with Crippen molar-refractivity contribution in [1.82, 2.24) is 10.6 Å². The Hall–Kier alpha value is -4.31. The Balaban J connectivity index is 1.72. The number of nitrogens with one attached hydrogen (secondary N) is 2. The summed E-state index contributed by atoms with van der Waals surface area (Å²) in [7, 11) is -3.05. The number of carbonyl (C=O) groups excluding carboxylic acids is 4. The van der Waals surface area contributed by atoms with E-state index in [0.29, 0.717) is 23.5 Å². The quantitative estimate of drug-likeness (QED) is 0.122. The minimum absolute atomic E-state index is 0.0382. The molecule has 234 valence electrons. The molecule has 0 radical (unpaired) electrons. The van der Waals surface area contributed by atoms with E-state index < -0.39 is 37.2 Å². The van der Waals surface area contributed by atoms with E-state index in [0.717, 1.165) is 24.5 Å². The summed E-state index contributed by atoms with van der Waals surface area (Å²) in [4.78, 5) is 50.1. The minimum atomic E-state index is -4.15. The Kier molecular flexibility index (Phi) is 13.3. The van der Waals surface area contributed by atoms with Crippen molar-refractivity contribution in [3.05, 3.63) is 95.6 Å². The van der Waals surface area contributed by atoms with Crippen LogP contribution in [-0.2, 0) is 45.6 Å². The lowest BCUT2D eigenvalue weighted by molar-refractivity contribution is -0.143. The number of carbonyl (C=O) groups is 4. The van der Waals surface area contributed by atoms with Gasteiger partial charge in [-0.25, -0.2) is 4.79 Å². The van der Waals surface area contributed by atoms with E-state index in [1.54, 1.807) is 80.6 Å². The Bertz CT molecular complexity index is 1440. The first-order valence-corrected chi connectivity index (χ1v) is 15.7. The molecule has 1 unspecified atom stereocenters. The molecule has 3 aromatic rings. The second kappa shape index (κ2) is 17.1. The summed E-state index contributed by atoms with van der Waals surface area (Å²) in [6.45, 7) is 3.08. The predicted octanol–water partition coefficient (Wildman–Crippen LogP) is 4.83. The summed E-state index contributed by atoms with van der Waals surface area (Å²) in [6.07, 6.45) is 1.25. The molecule has 3 aromatic carbocycles. The molecule has 0 bridgehead atoms. The van der Waals surface area contributed by atoms with Gasteiger partial charge in [0.2, 0.25) is 17.6 Å². The van der Waals surface area contributed by atoms with Gasteiger partial charge in [0.1, 0.15) is 23.8 Å². The molecule has 0 fully saturated rings. The van der Waals surface area contributed by atoms with Crippen LogP contribution in [0.25, 0.3) is 0 Å². The van der Waals surface area contributed by atoms with E-state index in [2.05, 4.69) is 10.6 Å². The number of esters is 1. The molecule has 2 atom stereocenters. The normalized spacial score (nSPS) is 12.4. The summed E-state index contributed by atoms with van der Waals surface area (Å²) in [6, 6.07) is 21.8. The van der Waals surface area contributed by atoms with Gasteiger partial charge < -0.3 is 29.2 Å². The fourth-order valence-electron chi connectivity index (χ4n) is 4.26. The van der Waals surface area contributed by atoms with Crippen molar-refractivity contribution < 1.29 is 42.3 Å². The second-order valence-electron chi connectivity index (χ2n) is 9.56. The zero-order valence-electron chi connectivity index (χ0n) is 24.9. The number of hydrogen-bond acceptors (Lipinski definition) is 9. The van der Waals surface area contributed by atoms with Gasteiger partial charge in [-0.2, -0.15) is 0 Å². The lowest BCUT2D eigenvalue weighted by atomic mass is 10.0. The molecular formula is C32H37N2O9P. The van der Waals surface area contributed by atoms with Crippen LogP contribution in [0.15, 0.2) is 78.9 Å². The molecule has 2 amide bonds. The molecule has 3 rings (SSSR count). The summed E-state index contributed by atoms with van der Waals surface area (Å²) < 4.78 is 34.6. The van der Waals surface area contributed by atoms with Crippen LogP contribution < -0.4 is 15.4 Å². The molecule has 12 heteroatoms. The van der Waals surface area contributed by atoms with Gasteiger partial charge in [-0.15, -0.1) is 0 Å². The Labute approximate surface area is 256 Å². The lowest BCUT2D eigenvalue weighted by Crippen LogP contribution is -2.52. The van der Waals surface area contributed by atoms with Crippen LogP contribution in [0.5, 0.6) is 11.5 Å². The van der Waals surface area contributed by atoms with Crippen LogP contribution in [-0.4, -0.2) is 56.2 Å². The van der Waals surface area contributed by atoms with Crippen molar-refractivity contribution in [2.75, 3.05) is 20.3 Å². The third-order valence-corrected chi connectivity index (χ3v) is 8.57. The molecule has 0 aromatic heterocycles. The van der Waals surface area contributed by atoms with E-state index in [1.807, 2.05) is 12.1 Å². The number of aryl methyl sites for hydroxylation is 1. The molecule has 2 N–H and O–H groups in total. The molecule has 0 aliphatic rings. The van der Waals surface area contributed by atoms with Crippen molar-refractivity contribution in [2.45, 2.75) is 44.9 Å². The Morgan fingerprint density at radius 1 is 0.841 bits per heavy atom. The van der Waals surface area contributed by atoms with E-state index >= 15 is 0 Å². The molecule has 0 spiro atoms. The lowest BCUT2D eigenvalue weighted by Gasteiger charge is -2.27. The maximum Gasteiger partial charge on any atom is 0.364 e. The van der Waals surface area contributed by atoms with E-state index in [-0.39, 0.29) is 26.1 Å². The number of hydrogen-bond donors (Lipinski definition) is 2. The number of ether oxygens (including phenoxy) is 2. The SMILES string of the molecule is CCOP(=O)(OCC)C(NC(=O)[C@H](Cc1ccccc1)NC(=O)CCc1cccc(Oc2ccc(C=O)cc2)c1)C(=O)OC. The van der Waals surface area contributed by atoms with Crippen molar-refractivity contribution in [1.29, 1.82) is 0 Å². The fraction of sp³-hybridized carbons (Fsp3) is 0.312. The van der Waals surface area contributed by atoms with Crippen molar-refractivity contribution >= 4 is 31.7 Å². The van der Waals surface area contributed by atoms with Gasteiger partial charge in [-0.3, -0.25) is 18.9 Å². The van der Waals surface area contributed by atoms with Gasteiger partial charge in [0.15, 0.2) is 0 Å². The third-order valence-electron chi connectivity index (χ3n) is 6.36. The average molecular weight is 625 g/mol. The number of rotatable bonds is 17. The van der Waals surface area contributed by atoms with Gasteiger partial charge in [-0.1, -0.05) is 42.5 Å². The van der Waals surface area contributed by atoms with Crippen LogP contribution in [0.2, 0.25) is 0 Å². The smallest absolute Gasteiger partial charge is 0.364 e. The maximum atomic E-state index is 13.5. The van der Waals surface area contributed by atoms with Gasteiger partial charge in [0.25, 0.3) is 0 Å². The molecule has 0 heterocycles. The summed E-state index contributed by atoms with van der Waals surface area (Å²) in [5, 5.41) is 5.18. The summed E-state index contributed by atoms with van der Waals surface area (Å²) in [5.41, 5.74) is 2.12. The van der Waals surface area contributed by atoms with Gasteiger partial charge in [0.05, 0.1) is 20.3 Å². The monoisotopic (exact) mass is 624 g/mol. The van der Waals surface area contributed by atoms with Crippen LogP contribution in [0.1, 0.15) is 41.8 Å². The zero-order chi connectivity index (χ0) is 32.0. The van der Waals surface area contributed by atoms with Crippen molar-refractivity contribution in [3.8, 4) is 11.5 Å². The molecular weight excluding hydrogens is 587 g/mol. The summed E-state index contributed by atoms with van der Waals surface area (Å²) in [5.74, 6) is -2.78. The highest BCUT2D eigenvalue weighted by Crippen LogP contribution is 2.52. The first kappa shape index (κ1) is 34.2. The molecule has 44 heavy (non-hydrogen) atoms. The van der Waals surface area contributed by atoms with Crippen LogP contribution >= 0.6 is 7.60 Å². The zero-order valence-corrected chi connectivity index (χ0v) is 25.8. The average Bonchev–Trinajstić information content (AvgIpc) is 3.03. The van der Waals surface area contributed by atoms with Gasteiger partial charge in [0, 0.05) is 18.4 Å². The standard InChI is InChI=1S/C32H37N2O9P/c1-4-41-44(39,42-5-2)31(32(38)40-3)34-30(37)28(21-23-10-7-6-8-11-23)33-29(36)19-16-24-12-9-13-27(20-24)43-26-17-14-25(22-35)15-18-26/h6-15,17-18,20,22,28,31H,4-5,16,19,21H2,1-3H3,(H,33,36)(H,34,37)/t28-,31?/m0/s1. The number of benzene rings is 3. The first-order chi connectivity index (χ1) is 21.2. The van der Waals surface area contributed by atoms with Crippen LogP contribution in [0.3, 0.4) is 0 Å². The highest BCUT2D eigenvalue weighted by Gasteiger charge is 2.44. The topological polar surface area (TPSA) is 146 Å². The number of amides is 2. The van der Waals surface area contributed by atoms with Gasteiger partial charge in [-0.05, 0) is 67.8 Å². The van der Waals surface area contributed by atoms with Gasteiger partial charge >= 0.3 is 13.6 Å². The molecule has 0 saturated heterocycles. The number of methoxy groups -OCH3 is 1. The fourth-order valence-corrected chi connectivity index (χ4v) is 6.00. The number of aldehydes is 1. The Morgan fingerprint density at radius 3 is 2.11 bits per heavy atom. The molecule has 11 nitrogen and oxygen atoms in total. The van der Waals surface area contributed by atoms with Crippen LogP contribution in [0.4, 0.5) is 0 Å². The van der Waals surface area contributed by atoms with E-state index in [1.165, 1.54) is 0 Å². The highest BCUT2D eigenvalue weighted by atomic mass is 31.2. The van der Waals surface area contributed by atoms with E-state index in [9.17, 15) is 23.7 Å². The second-order valence-corrected chi connectivity index (χ2v) is 11.7. The molecule has 0 aliphatic carbocycles.